The molecule has 0 spiro atoms. The molecular formula is C20H22N6O. The summed E-state index contributed by atoms with van der Waals surface area (Å²) in [6, 6.07) is 15.7. The van der Waals surface area contributed by atoms with Crippen LogP contribution in [0.4, 0.5) is 5.82 Å². The number of piperidine rings is 1. The number of aromatic nitrogens is 4. The number of carbonyl (C=O) groups excluding carboxylic acids is 1. The lowest BCUT2D eigenvalue weighted by Gasteiger charge is -2.32. The lowest BCUT2D eigenvalue weighted by atomic mass is 9.97. The number of nitrogens with zero attached hydrogens (tertiary/aromatic N) is 5. The predicted octanol–water partition coefficient (Wildman–Crippen LogP) is 2.20. The van der Waals surface area contributed by atoms with E-state index >= 15 is 0 Å². The van der Waals surface area contributed by atoms with Gasteiger partial charge in [0.15, 0.2) is 11.6 Å². The third kappa shape index (κ3) is 4.13. The molecule has 4 rings (SSSR count). The van der Waals surface area contributed by atoms with Crippen molar-refractivity contribution in [3.05, 3.63) is 66.5 Å². The normalized spacial score (nSPS) is 16.9. The van der Waals surface area contributed by atoms with Gasteiger partial charge in [-0.25, -0.2) is 4.68 Å². The van der Waals surface area contributed by atoms with Crippen molar-refractivity contribution in [3.63, 3.8) is 0 Å². The summed E-state index contributed by atoms with van der Waals surface area (Å²) >= 11 is 0. The minimum Gasteiger partial charge on any atom is -0.354 e. The second kappa shape index (κ2) is 7.99. The number of hydrogen-bond acceptors (Lipinski definition) is 5. The van der Waals surface area contributed by atoms with E-state index in [4.69, 9.17) is 0 Å². The molecule has 2 aromatic heterocycles. The third-order valence-electron chi connectivity index (χ3n) is 4.80. The Morgan fingerprint density at radius 2 is 1.89 bits per heavy atom. The number of benzene rings is 1. The molecule has 0 saturated carbocycles. The van der Waals surface area contributed by atoms with Crippen LogP contribution in [0.1, 0.15) is 18.4 Å². The van der Waals surface area contributed by atoms with Crippen molar-refractivity contribution in [1.82, 2.24) is 25.3 Å². The van der Waals surface area contributed by atoms with Gasteiger partial charge in [-0.05, 0) is 36.6 Å². The molecule has 7 heteroatoms. The maximum atomic E-state index is 12.6. The Balaban J connectivity index is 1.36. The Morgan fingerprint density at radius 1 is 1.07 bits per heavy atom. The molecule has 0 bridgehead atoms. The summed E-state index contributed by atoms with van der Waals surface area (Å²) < 4.78 is 1.67. The number of anilines is 1. The molecule has 1 N–H and O–H groups in total. The second-order valence-corrected chi connectivity index (χ2v) is 6.69. The lowest BCUT2D eigenvalue weighted by molar-refractivity contribution is -0.125. The number of hydrogen-bond donors (Lipinski definition) is 1. The summed E-state index contributed by atoms with van der Waals surface area (Å²) in [7, 11) is 0. The Kier molecular flexibility index (Phi) is 5.09. The summed E-state index contributed by atoms with van der Waals surface area (Å²) in [6.07, 6.45) is 5.40. The van der Waals surface area contributed by atoms with Crippen molar-refractivity contribution in [2.24, 2.45) is 5.92 Å². The molecule has 3 heterocycles. The molecule has 1 aliphatic heterocycles. The molecule has 0 aliphatic carbocycles. The fourth-order valence-corrected chi connectivity index (χ4v) is 3.34. The Hall–Kier alpha value is -3.22. The molecule has 1 saturated heterocycles. The molecule has 3 aromatic rings. The lowest BCUT2D eigenvalue weighted by Crippen LogP contribution is -2.43. The quantitative estimate of drug-likeness (QED) is 0.753. The first-order valence-electron chi connectivity index (χ1n) is 9.20. The van der Waals surface area contributed by atoms with Gasteiger partial charge in [-0.15, -0.1) is 10.2 Å². The highest BCUT2D eigenvalue weighted by Gasteiger charge is 2.26. The van der Waals surface area contributed by atoms with Crippen LogP contribution >= 0.6 is 0 Å². The Morgan fingerprint density at radius 3 is 2.63 bits per heavy atom. The van der Waals surface area contributed by atoms with E-state index in [-0.39, 0.29) is 11.8 Å². The Bertz CT molecular complexity index is 863. The van der Waals surface area contributed by atoms with E-state index in [1.165, 1.54) is 0 Å². The van der Waals surface area contributed by atoms with Gasteiger partial charge in [-0.3, -0.25) is 4.79 Å². The minimum atomic E-state index is -0.0324. The van der Waals surface area contributed by atoms with Crippen LogP contribution < -0.4 is 10.2 Å². The van der Waals surface area contributed by atoms with E-state index in [2.05, 4.69) is 25.5 Å². The van der Waals surface area contributed by atoms with Crippen molar-refractivity contribution in [1.29, 1.82) is 0 Å². The first-order chi connectivity index (χ1) is 13.3. The molecular weight excluding hydrogens is 340 g/mol. The van der Waals surface area contributed by atoms with Gasteiger partial charge in [-0.1, -0.05) is 30.3 Å². The van der Waals surface area contributed by atoms with Gasteiger partial charge in [0.2, 0.25) is 5.91 Å². The summed E-state index contributed by atoms with van der Waals surface area (Å²) in [5, 5.41) is 15.8. The molecule has 27 heavy (non-hydrogen) atoms. The van der Waals surface area contributed by atoms with Crippen molar-refractivity contribution in [3.8, 4) is 5.82 Å². The predicted molar refractivity (Wildman–Crippen MR) is 102 cm³/mol. The van der Waals surface area contributed by atoms with E-state index in [0.29, 0.717) is 18.9 Å². The average Bonchev–Trinajstić information content (AvgIpc) is 3.28. The highest BCUT2D eigenvalue weighted by molar-refractivity contribution is 5.79. The summed E-state index contributed by atoms with van der Waals surface area (Å²) in [5.41, 5.74) is 1.11. The molecule has 7 nitrogen and oxygen atoms in total. The van der Waals surface area contributed by atoms with Crippen LogP contribution in [0.5, 0.6) is 0 Å². The maximum absolute atomic E-state index is 12.6. The molecule has 138 valence electrons. The largest absolute Gasteiger partial charge is 0.354 e. The molecule has 1 amide bonds. The van der Waals surface area contributed by atoms with E-state index < -0.39 is 0 Å². The zero-order chi connectivity index (χ0) is 18.5. The highest BCUT2D eigenvalue weighted by Crippen LogP contribution is 2.22. The van der Waals surface area contributed by atoms with E-state index in [1.54, 1.807) is 10.9 Å². The van der Waals surface area contributed by atoms with Crippen molar-refractivity contribution < 1.29 is 4.79 Å². The van der Waals surface area contributed by atoms with Crippen LogP contribution in [-0.4, -0.2) is 39.0 Å². The maximum Gasteiger partial charge on any atom is 0.225 e. The van der Waals surface area contributed by atoms with E-state index in [1.807, 2.05) is 54.7 Å². The smallest absolute Gasteiger partial charge is 0.225 e. The Labute approximate surface area is 158 Å². The van der Waals surface area contributed by atoms with Crippen LogP contribution in [-0.2, 0) is 11.3 Å². The zero-order valence-corrected chi connectivity index (χ0v) is 15.0. The minimum absolute atomic E-state index is 0.0324. The van der Waals surface area contributed by atoms with Crippen LogP contribution in [0.2, 0.25) is 0 Å². The summed E-state index contributed by atoms with van der Waals surface area (Å²) in [6.45, 7) is 2.11. The van der Waals surface area contributed by atoms with Gasteiger partial charge in [0.1, 0.15) is 0 Å². The molecule has 1 aliphatic rings. The topological polar surface area (TPSA) is 75.9 Å². The van der Waals surface area contributed by atoms with Gasteiger partial charge < -0.3 is 10.2 Å². The van der Waals surface area contributed by atoms with Crippen LogP contribution in [0.3, 0.4) is 0 Å². The molecule has 1 aromatic carbocycles. The first-order valence-corrected chi connectivity index (χ1v) is 9.20. The second-order valence-electron chi connectivity index (χ2n) is 6.69. The SMILES string of the molecule is O=C(NCc1ccccc1)C1CCCN(c2ccc(-n3cccn3)nn2)C1. The van der Waals surface area contributed by atoms with Crippen molar-refractivity contribution in [2.45, 2.75) is 19.4 Å². The molecule has 0 radical (unpaired) electrons. The zero-order valence-electron chi connectivity index (χ0n) is 15.0. The fraction of sp³-hybridized carbons (Fsp3) is 0.300. The van der Waals surface area contributed by atoms with Gasteiger partial charge in [0.05, 0.1) is 5.92 Å². The number of amides is 1. The summed E-state index contributed by atoms with van der Waals surface area (Å²) in [5.74, 6) is 1.55. The van der Waals surface area contributed by atoms with Gasteiger partial charge in [0, 0.05) is 32.0 Å². The van der Waals surface area contributed by atoms with Gasteiger partial charge in [-0.2, -0.15) is 5.10 Å². The monoisotopic (exact) mass is 362 g/mol. The van der Waals surface area contributed by atoms with Gasteiger partial charge >= 0.3 is 0 Å². The first kappa shape index (κ1) is 17.2. The van der Waals surface area contributed by atoms with E-state index in [0.717, 1.165) is 30.8 Å². The fourth-order valence-electron chi connectivity index (χ4n) is 3.34. The van der Waals surface area contributed by atoms with Crippen molar-refractivity contribution in [2.75, 3.05) is 18.0 Å². The number of rotatable bonds is 5. The highest BCUT2D eigenvalue weighted by atomic mass is 16.1. The number of nitrogens with one attached hydrogen (secondary N) is 1. The third-order valence-corrected chi connectivity index (χ3v) is 4.80. The van der Waals surface area contributed by atoms with Gasteiger partial charge in [0.25, 0.3) is 0 Å². The van der Waals surface area contributed by atoms with Crippen molar-refractivity contribution >= 4 is 11.7 Å². The molecule has 1 atom stereocenters. The number of carbonyl (C=O) groups is 1. The van der Waals surface area contributed by atoms with Crippen LogP contribution in [0.15, 0.2) is 60.9 Å². The van der Waals surface area contributed by atoms with Crippen LogP contribution in [0.25, 0.3) is 5.82 Å². The average molecular weight is 362 g/mol. The van der Waals surface area contributed by atoms with Crippen LogP contribution in [0, 0.1) is 5.92 Å². The standard InChI is InChI=1S/C20H22N6O/c27-20(21-14-16-6-2-1-3-7-16)17-8-4-12-25(15-17)18-9-10-19(24-23-18)26-13-5-11-22-26/h1-3,5-7,9-11,13,17H,4,8,12,14-15H2,(H,21,27). The molecule has 1 unspecified atom stereocenters. The summed E-state index contributed by atoms with van der Waals surface area (Å²) in [4.78, 5) is 14.7. The molecule has 1 fully saturated rings. The van der Waals surface area contributed by atoms with E-state index in [9.17, 15) is 4.79 Å².